The summed E-state index contributed by atoms with van der Waals surface area (Å²) in [6, 6.07) is 7.14. The second-order valence-electron chi connectivity index (χ2n) is 6.48. The smallest absolute Gasteiger partial charge is 0.285 e. The molecule has 9 nitrogen and oxygen atoms in total. The van der Waals surface area contributed by atoms with Gasteiger partial charge in [-0.15, -0.1) is 0 Å². The first-order chi connectivity index (χ1) is 13.2. The lowest BCUT2D eigenvalue weighted by molar-refractivity contribution is -0.385. The van der Waals surface area contributed by atoms with E-state index in [9.17, 15) is 19.7 Å². The molecule has 1 N–H and O–H groups in total. The summed E-state index contributed by atoms with van der Waals surface area (Å²) >= 11 is 0. The van der Waals surface area contributed by atoms with Crippen LogP contribution in [-0.2, 0) is 11.3 Å². The van der Waals surface area contributed by atoms with Crippen molar-refractivity contribution in [2.24, 2.45) is 0 Å². The van der Waals surface area contributed by atoms with E-state index in [0.29, 0.717) is 11.5 Å². The van der Waals surface area contributed by atoms with Crippen LogP contribution < -0.4 is 20.3 Å². The van der Waals surface area contributed by atoms with Crippen LogP contribution >= 0.6 is 0 Å². The van der Waals surface area contributed by atoms with Crippen LogP contribution in [-0.4, -0.2) is 28.6 Å². The highest BCUT2D eigenvalue weighted by Crippen LogP contribution is 2.31. The number of carbonyl (C=O) groups excluding carboxylic acids is 1. The zero-order valence-electron chi connectivity index (χ0n) is 16.2. The maximum absolute atomic E-state index is 12.3. The van der Waals surface area contributed by atoms with Crippen LogP contribution in [0.4, 0.5) is 5.69 Å². The van der Waals surface area contributed by atoms with Gasteiger partial charge in [-0.2, -0.15) is 0 Å². The fourth-order valence-corrected chi connectivity index (χ4v) is 2.58. The predicted molar refractivity (Wildman–Crippen MR) is 103 cm³/mol. The quantitative estimate of drug-likeness (QED) is 0.548. The molecular weight excluding hydrogens is 366 g/mol. The zero-order chi connectivity index (χ0) is 20.8. The molecule has 0 fully saturated rings. The van der Waals surface area contributed by atoms with Crippen molar-refractivity contribution < 1.29 is 19.2 Å². The molecule has 1 aromatic heterocycles. The van der Waals surface area contributed by atoms with Gasteiger partial charge < -0.3 is 14.8 Å². The summed E-state index contributed by atoms with van der Waals surface area (Å²) in [6.45, 7) is 5.28. The zero-order valence-corrected chi connectivity index (χ0v) is 16.2. The number of hydrogen-bond donors (Lipinski definition) is 1. The topological polar surface area (TPSA) is 113 Å². The van der Waals surface area contributed by atoms with Gasteiger partial charge in [-0.3, -0.25) is 24.3 Å². The lowest BCUT2D eigenvalue weighted by atomic mass is 10.1. The van der Waals surface area contributed by atoms with E-state index >= 15 is 0 Å². The Morgan fingerprint density at radius 3 is 2.54 bits per heavy atom. The SMILES string of the molecule is COc1cc(C(C)NC(=O)Cn2cc([N+](=O)[O-])ccc2=O)ccc1OC(C)C. The molecule has 2 rings (SSSR count). The summed E-state index contributed by atoms with van der Waals surface area (Å²) in [7, 11) is 1.53. The number of benzene rings is 1. The van der Waals surface area contributed by atoms with Gasteiger partial charge in [0.15, 0.2) is 11.5 Å². The van der Waals surface area contributed by atoms with Gasteiger partial charge >= 0.3 is 0 Å². The number of carbonyl (C=O) groups is 1. The van der Waals surface area contributed by atoms with Crippen LogP contribution in [0.1, 0.15) is 32.4 Å². The van der Waals surface area contributed by atoms with Gasteiger partial charge in [-0.25, -0.2) is 0 Å². The largest absolute Gasteiger partial charge is 0.493 e. The molecule has 1 heterocycles. The molecule has 1 amide bonds. The summed E-state index contributed by atoms with van der Waals surface area (Å²) in [5, 5.41) is 13.6. The Bertz CT molecular complexity index is 922. The van der Waals surface area contributed by atoms with Gasteiger partial charge in [0.05, 0.1) is 30.4 Å². The molecule has 0 saturated heterocycles. The number of pyridine rings is 1. The number of nitrogens with one attached hydrogen (secondary N) is 1. The maximum atomic E-state index is 12.3. The Labute approximate surface area is 162 Å². The van der Waals surface area contributed by atoms with Gasteiger partial charge in [0.25, 0.3) is 11.2 Å². The van der Waals surface area contributed by atoms with E-state index in [0.717, 1.165) is 28.5 Å². The van der Waals surface area contributed by atoms with E-state index in [1.54, 1.807) is 19.1 Å². The molecule has 0 radical (unpaired) electrons. The normalized spacial score (nSPS) is 11.8. The van der Waals surface area contributed by atoms with E-state index in [2.05, 4.69) is 5.32 Å². The van der Waals surface area contributed by atoms with Crippen molar-refractivity contribution in [3.05, 3.63) is 62.6 Å². The number of rotatable bonds is 8. The average Bonchev–Trinajstić information content (AvgIpc) is 2.63. The number of ether oxygens (including phenoxy) is 2. The van der Waals surface area contributed by atoms with Crippen LogP contribution in [0.25, 0.3) is 0 Å². The van der Waals surface area contributed by atoms with E-state index in [-0.39, 0.29) is 24.4 Å². The molecule has 0 bridgehead atoms. The number of nitro groups is 1. The third-order valence-electron chi connectivity index (χ3n) is 3.92. The first-order valence-electron chi connectivity index (χ1n) is 8.70. The second kappa shape index (κ2) is 9.03. The molecule has 0 saturated carbocycles. The minimum absolute atomic E-state index is 0.00915. The van der Waals surface area contributed by atoms with Crippen LogP contribution in [0, 0.1) is 10.1 Å². The van der Waals surface area contributed by atoms with Crippen LogP contribution in [0.5, 0.6) is 11.5 Å². The van der Waals surface area contributed by atoms with Crippen molar-refractivity contribution in [2.75, 3.05) is 7.11 Å². The lowest BCUT2D eigenvalue weighted by Gasteiger charge is -2.18. The van der Waals surface area contributed by atoms with Crippen LogP contribution in [0.2, 0.25) is 0 Å². The van der Waals surface area contributed by atoms with Crippen LogP contribution in [0.15, 0.2) is 41.3 Å². The fraction of sp³-hybridized carbons (Fsp3) is 0.368. The molecule has 0 aliphatic carbocycles. The molecule has 28 heavy (non-hydrogen) atoms. The number of methoxy groups -OCH3 is 1. The van der Waals surface area contributed by atoms with E-state index in [4.69, 9.17) is 9.47 Å². The molecule has 0 aliphatic rings. The molecule has 1 unspecified atom stereocenters. The molecule has 0 aliphatic heterocycles. The highest BCUT2D eigenvalue weighted by molar-refractivity contribution is 5.76. The molecule has 0 spiro atoms. The summed E-state index contributed by atoms with van der Waals surface area (Å²) in [4.78, 5) is 34.3. The molecule has 9 heteroatoms. The van der Waals surface area contributed by atoms with Gasteiger partial charge in [-0.05, 0) is 38.5 Å². The maximum Gasteiger partial charge on any atom is 0.285 e. The van der Waals surface area contributed by atoms with Crippen molar-refractivity contribution in [3.63, 3.8) is 0 Å². The van der Waals surface area contributed by atoms with E-state index < -0.39 is 16.4 Å². The summed E-state index contributed by atoms with van der Waals surface area (Å²) < 4.78 is 12.0. The first kappa shape index (κ1) is 20.9. The third-order valence-corrected chi connectivity index (χ3v) is 3.92. The summed E-state index contributed by atoms with van der Waals surface area (Å²) in [6.07, 6.45) is 1.04. The Hall–Kier alpha value is -3.36. The van der Waals surface area contributed by atoms with Crippen molar-refractivity contribution in [1.29, 1.82) is 0 Å². The van der Waals surface area contributed by atoms with Crippen molar-refractivity contribution in [3.8, 4) is 11.5 Å². The molecule has 150 valence electrons. The predicted octanol–water partition coefficient (Wildman–Crippen LogP) is 2.43. The Balaban J connectivity index is 2.11. The third kappa shape index (κ3) is 5.32. The molecule has 1 aromatic carbocycles. The van der Waals surface area contributed by atoms with Crippen LogP contribution in [0.3, 0.4) is 0 Å². The molecule has 2 aromatic rings. The van der Waals surface area contributed by atoms with Crippen molar-refractivity contribution in [2.45, 2.75) is 39.5 Å². The van der Waals surface area contributed by atoms with E-state index in [1.165, 1.54) is 7.11 Å². The summed E-state index contributed by atoms with van der Waals surface area (Å²) in [5.74, 6) is 0.696. The number of nitrogens with zero attached hydrogens (tertiary/aromatic N) is 2. The monoisotopic (exact) mass is 389 g/mol. The Morgan fingerprint density at radius 1 is 1.21 bits per heavy atom. The number of aromatic nitrogens is 1. The summed E-state index contributed by atoms with van der Waals surface area (Å²) in [5.41, 5.74) is 0.0314. The standard InChI is InChI=1S/C19H23N3O6/c1-12(2)28-16-7-5-14(9-17(16)27-4)13(3)20-18(23)11-21-10-15(22(25)26)6-8-19(21)24/h5-10,12-13H,11H2,1-4H3,(H,20,23). The highest BCUT2D eigenvalue weighted by Gasteiger charge is 2.15. The fourth-order valence-electron chi connectivity index (χ4n) is 2.58. The van der Waals surface area contributed by atoms with Crippen molar-refractivity contribution >= 4 is 11.6 Å². The van der Waals surface area contributed by atoms with Crippen molar-refractivity contribution in [1.82, 2.24) is 9.88 Å². The molecular formula is C19H23N3O6. The minimum Gasteiger partial charge on any atom is -0.493 e. The second-order valence-corrected chi connectivity index (χ2v) is 6.48. The Kier molecular flexibility index (Phi) is 6.75. The lowest BCUT2D eigenvalue weighted by Crippen LogP contribution is -2.33. The average molecular weight is 389 g/mol. The van der Waals surface area contributed by atoms with Gasteiger partial charge in [0.2, 0.25) is 5.91 Å². The van der Waals surface area contributed by atoms with Gasteiger partial charge in [-0.1, -0.05) is 6.07 Å². The number of amides is 1. The minimum atomic E-state index is -0.621. The van der Waals surface area contributed by atoms with E-state index in [1.807, 2.05) is 19.9 Å². The first-order valence-corrected chi connectivity index (χ1v) is 8.70. The van der Waals surface area contributed by atoms with Gasteiger partial charge in [0, 0.05) is 12.1 Å². The molecule has 1 atom stereocenters. The Morgan fingerprint density at radius 2 is 1.93 bits per heavy atom. The van der Waals surface area contributed by atoms with Gasteiger partial charge in [0.1, 0.15) is 6.54 Å². The highest BCUT2D eigenvalue weighted by atomic mass is 16.6. The number of hydrogen-bond acceptors (Lipinski definition) is 6.